The number of fused-ring (bicyclic) bond motifs is 1. The number of hydrogen-bond acceptors (Lipinski definition) is 6. The molecule has 0 spiro atoms. The summed E-state index contributed by atoms with van der Waals surface area (Å²) >= 11 is 0. The Morgan fingerprint density at radius 2 is 1.46 bits per heavy atom. The molecule has 176 valence electrons. The minimum Gasteiger partial charge on any atom is -0.485 e. The molecule has 9 heteroatoms. The van der Waals surface area contributed by atoms with Crippen molar-refractivity contribution in [3.05, 3.63) is 96.1 Å². The molecule has 35 heavy (non-hydrogen) atoms. The largest absolute Gasteiger partial charge is 0.485 e. The second-order valence-electron chi connectivity index (χ2n) is 8.08. The van der Waals surface area contributed by atoms with Crippen molar-refractivity contribution in [3.63, 3.8) is 0 Å². The summed E-state index contributed by atoms with van der Waals surface area (Å²) < 4.78 is 11.1. The van der Waals surface area contributed by atoms with Crippen LogP contribution in [0.25, 0.3) is 0 Å². The number of para-hydroxylation sites is 2. The first-order chi connectivity index (χ1) is 17.0. The average Bonchev–Trinajstić information content (AvgIpc) is 3.15. The fraction of sp³-hybridized carbons (Fsp3) is 0.154. The lowest BCUT2D eigenvalue weighted by Crippen LogP contribution is -2.50. The van der Waals surface area contributed by atoms with E-state index in [0.29, 0.717) is 22.6 Å². The number of ether oxygens (including phenoxy) is 2. The van der Waals surface area contributed by atoms with Gasteiger partial charge in [0.25, 0.3) is 11.8 Å². The molecule has 2 heterocycles. The molecule has 1 saturated heterocycles. The summed E-state index contributed by atoms with van der Waals surface area (Å²) in [6, 6.07) is 23.7. The Labute approximate surface area is 200 Å². The Morgan fingerprint density at radius 1 is 0.886 bits per heavy atom. The quantitative estimate of drug-likeness (QED) is 0.550. The fourth-order valence-electron chi connectivity index (χ4n) is 4.20. The van der Waals surface area contributed by atoms with Gasteiger partial charge in [0.05, 0.1) is 0 Å². The molecule has 3 aromatic carbocycles. The topological polar surface area (TPSA) is 114 Å². The highest BCUT2D eigenvalue weighted by molar-refractivity contribution is 6.12. The predicted molar refractivity (Wildman–Crippen MR) is 123 cm³/mol. The highest BCUT2D eigenvalue weighted by Crippen LogP contribution is 2.36. The van der Waals surface area contributed by atoms with Gasteiger partial charge in [-0.3, -0.25) is 24.6 Å². The highest BCUT2D eigenvalue weighted by Gasteiger charge is 2.54. The maximum Gasteiger partial charge on any atom is 0.326 e. The van der Waals surface area contributed by atoms with Crippen molar-refractivity contribution >= 4 is 23.8 Å². The molecule has 2 N–H and O–H groups in total. The van der Waals surface area contributed by atoms with Crippen LogP contribution in [0.2, 0.25) is 0 Å². The molecule has 0 unspecified atom stereocenters. The van der Waals surface area contributed by atoms with Crippen LogP contribution >= 0.6 is 0 Å². The molecule has 0 aliphatic carbocycles. The Balaban J connectivity index is 1.33. The number of imide groups is 2. The van der Waals surface area contributed by atoms with Crippen molar-refractivity contribution in [2.45, 2.75) is 11.6 Å². The number of rotatable bonds is 5. The number of carbonyl (C=O) groups is 4. The lowest BCUT2D eigenvalue weighted by Gasteiger charge is -2.28. The van der Waals surface area contributed by atoms with Gasteiger partial charge in [-0.25, -0.2) is 4.79 Å². The van der Waals surface area contributed by atoms with Crippen LogP contribution < -0.4 is 20.1 Å². The first-order valence-corrected chi connectivity index (χ1v) is 11.0. The molecule has 2 aliphatic heterocycles. The van der Waals surface area contributed by atoms with Gasteiger partial charge in [-0.1, -0.05) is 72.8 Å². The van der Waals surface area contributed by atoms with Gasteiger partial charge in [0.15, 0.2) is 17.0 Å². The highest BCUT2D eigenvalue weighted by atomic mass is 16.6. The van der Waals surface area contributed by atoms with Gasteiger partial charge in [-0.05, 0) is 23.3 Å². The number of nitrogens with zero attached hydrogens (tertiary/aromatic N) is 1. The van der Waals surface area contributed by atoms with Crippen LogP contribution in [0.15, 0.2) is 84.9 Å². The number of hydrogen-bond donors (Lipinski definition) is 2. The summed E-state index contributed by atoms with van der Waals surface area (Å²) in [6.07, 6.45) is -1.05. The monoisotopic (exact) mass is 471 g/mol. The van der Waals surface area contributed by atoms with Crippen molar-refractivity contribution in [2.24, 2.45) is 0 Å². The minimum atomic E-state index is -1.49. The SMILES string of the molecule is O=C(CN1C(=O)NC(c2ccccc2)(c2ccccc2)C1=O)NC(=O)[C@@H]1COc2ccccc2O1. The summed E-state index contributed by atoms with van der Waals surface area (Å²) in [5.74, 6) is -1.28. The van der Waals surface area contributed by atoms with E-state index in [-0.39, 0.29) is 6.61 Å². The molecular weight excluding hydrogens is 450 g/mol. The lowest BCUT2D eigenvalue weighted by molar-refractivity contribution is -0.139. The van der Waals surface area contributed by atoms with Crippen molar-refractivity contribution in [2.75, 3.05) is 13.2 Å². The molecule has 3 aromatic rings. The zero-order chi connectivity index (χ0) is 24.4. The van der Waals surface area contributed by atoms with Crippen LogP contribution in [0, 0.1) is 0 Å². The van der Waals surface area contributed by atoms with Crippen LogP contribution in [0.3, 0.4) is 0 Å². The molecule has 0 aromatic heterocycles. The molecular formula is C26H21N3O6. The molecule has 0 radical (unpaired) electrons. The number of amides is 5. The fourth-order valence-corrected chi connectivity index (χ4v) is 4.20. The molecule has 5 rings (SSSR count). The van der Waals surface area contributed by atoms with E-state index >= 15 is 0 Å². The van der Waals surface area contributed by atoms with Crippen LogP contribution in [0.1, 0.15) is 11.1 Å². The molecule has 5 amide bonds. The van der Waals surface area contributed by atoms with Gasteiger partial charge < -0.3 is 14.8 Å². The molecule has 0 saturated carbocycles. The third-order valence-electron chi connectivity index (χ3n) is 5.88. The second kappa shape index (κ2) is 8.94. The number of carbonyl (C=O) groups excluding carboxylic acids is 4. The lowest BCUT2D eigenvalue weighted by atomic mass is 9.82. The maximum absolute atomic E-state index is 13.6. The van der Waals surface area contributed by atoms with Gasteiger partial charge >= 0.3 is 6.03 Å². The zero-order valence-corrected chi connectivity index (χ0v) is 18.5. The van der Waals surface area contributed by atoms with Crippen LogP contribution in [-0.4, -0.2) is 47.9 Å². The van der Waals surface area contributed by atoms with E-state index in [0.717, 1.165) is 4.90 Å². The van der Waals surface area contributed by atoms with E-state index in [1.54, 1.807) is 84.9 Å². The first kappa shape index (κ1) is 22.1. The van der Waals surface area contributed by atoms with Crippen LogP contribution in [0.5, 0.6) is 11.5 Å². The summed E-state index contributed by atoms with van der Waals surface area (Å²) in [6.45, 7) is -0.716. The molecule has 1 fully saturated rings. The summed E-state index contributed by atoms with van der Waals surface area (Å²) in [5.41, 5.74) is -0.390. The van der Waals surface area contributed by atoms with Gasteiger partial charge in [0, 0.05) is 0 Å². The number of urea groups is 1. The predicted octanol–water partition coefficient (Wildman–Crippen LogP) is 1.96. The van der Waals surface area contributed by atoms with E-state index in [2.05, 4.69) is 10.6 Å². The van der Waals surface area contributed by atoms with E-state index in [1.165, 1.54) is 0 Å². The van der Waals surface area contributed by atoms with Crippen molar-refractivity contribution in [1.82, 2.24) is 15.5 Å². The van der Waals surface area contributed by atoms with Gasteiger partial charge in [0.1, 0.15) is 13.2 Å². The summed E-state index contributed by atoms with van der Waals surface area (Å²) in [5, 5.41) is 4.96. The Hall–Kier alpha value is -4.66. The van der Waals surface area contributed by atoms with Crippen molar-refractivity contribution in [1.29, 1.82) is 0 Å². The Bertz CT molecular complexity index is 1260. The van der Waals surface area contributed by atoms with Crippen LogP contribution in [-0.2, 0) is 19.9 Å². The third kappa shape index (κ3) is 3.97. The van der Waals surface area contributed by atoms with Gasteiger partial charge in [-0.2, -0.15) is 0 Å². The normalized spacial score (nSPS) is 18.1. The number of nitrogens with one attached hydrogen (secondary N) is 2. The summed E-state index contributed by atoms with van der Waals surface area (Å²) in [4.78, 5) is 52.6. The Kier molecular flexibility index (Phi) is 5.66. The number of benzene rings is 3. The molecule has 9 nitrogen and oxygen atoms in total. The van der Waals surface area contributed by atoms with Gasteiger partial charge in [-0.15, -0.1) is 0 Å². The summed E-state index contributed by atoms with van der Waals surface area (Å²) in [7, 11) is 0. The van der Waals surface area contributed by atoms with E-state index in [9.17, 15) is 19.2 Å². The third-order valence-corrected chi connectivity index (χ3v) is 5.88. The smallest absolute Gasteiger partial charge is 0.326 e. The van der Waals surface area contributed by atoms with Crippen molar-refractivity contribution in [3.8, 4) is 11.5 Å². The minimum absolute atomic E-state index is 0.0790. The van der Waals surface area contributed by atoms with Crippen LogP contribution in [0.4, 0.5) is 4.79 Å². The van der Waals surface area contributed by atoms with Crippen molar-refractivity contribution < 1.29 is 28.7 Å². The average molecular weight is 471 g/mol. The second-order valence-corrected chi connectivity index (χ2v) is 8.08. The molecule has 2 aliphatic rings. The van der Waals surface area contributed by atoms with E-state index in [4.69, 9.17) is 9.47 Å². The molecule has 1 atom stereocenters. The van der Waals surface area contributed by atoms with E-state index in [1.807, 2.05) is 0 Å². The maximum atomic E-state index is 13.6. The first-order valence-electron chi connectivity index (χ1n) is 11.0. The van der Waals surface area contributed by atoms with Gasteiger partial charge in [0.2, 0.25) is 12.0 Å². The molecule has 0 bridgehead atoms. The Morgan fingerprint density at radius 3 is 2.09 bits per heavy atom. The van der Waals surface area contributed by atoms with E-state index < -0.39 is 41.9 Å². The standard InChI is InChI=1S/C26H21N3O6/c30-22(27-23(31)21-16-34-19-13-7-8-14-20(19)35-21)15-29-24(32)26(28-25(29)33,17-9-3-1-4-10-17)18-11-5-2-6-12-18/h1-14,21H,15-16H2,(H,28,33)(H,27,30,31)/t21-/m0/s1. The zero-order valence-electron chi connectivity index (χ0n) is 18.5.